The third-order valence-electron chi connectivity index (χ3n) is 3.78. The van der Waals surface area contributed by atoms with Crippen LogP contribution in [0.25, 0.3) is 0 Å². The lowest BCUT2D eigenvalue weighted by molar-refractivity contribution is -0.133. The van der Waals surface area contributed by atoms with Crippen LogP contribution in [-0.2, 0) is 14.6 Å². The van der Waals surface area contributed by atoms with E-state index in [0.717, 1.165) is 5.56 Å². The van der Waals surface area contributed by atoms with Crippen LogP contribution in [0.1, 0.15) is 25.5 Å². The van der Waals surface area contributed by atoms with Crippen LogP contribution in [0.3, 0.4) is 0 Å². The Morgan fingerprint density at radius 2 is 1.86 bits per heavy atom. The van der Waals surface area contributed by atoms with Gasteiger partial charge in [-0.3, -0.25) is 4.79 Å². The molecule has 21 heavy (non-hydrogen) atoms. The molecular weight excluding hydrogens is 312 g/mol. The number of nitrogens with zero attached hydrogens (tertiary/aromatic N) is 1. The van der Waals surface area contributed by atoms with Crippen molar-refractivity contribution in [2.45, 2.75) is 24.6 Å². The number of rotatable bonds is 2. The number of halogens is 1. The van der Waals surface area contributed by atoms with E-state index in [1.165, 1.54) is 0 Å². The minimum absolute atomic E-state index is 0. The zero-order valence-electron chi connectivity index (χ0n) is 12.2. The summed E-state index contributed by atoms with van der Waals surface area (Å²) in [6.07, 6.45) is 0. The number of nitrogens with two attached hydrogens (primary N) is 1. The minimum Gasteiger partial charge on any atom is -0.338 e. The summed E-state index contributed by atoms with van der Waals surface area (Å²) >= 11 is 0. The number of sulfone groups is 1. The molecular formula is C14H21ClN2O3S. The van der Waals surface area contributed by atoms with Crippen molar-refractivity contribution < 1.29 is 13.2 Å². The van der Waals surface area contributed by atoms with Crippen molar-refractivity contribution in [3.05, 3.63) is 35.9 Å². The molecule has 1 aromatic rings. The van der Waals surface area contributed by atoms with E-state index >= 15 is 0 Å². The Kier molecular flexibility index (Phi) is 5.41. The predicted octanol–water partition coefficient (Wildman–Crippen LogP) is 1.14. The summed E-state index contributed by atoms with van der Waals surface area (Å²) in [7, 11) is -3.15. The zero-order chi connectivity index (χ0) is 15.0. The molecule has 1 saturated heterocycles. The molecule has 0 bridgehead atoms. The number of carbonyl (C=O) groups is 1. The summed E-state index contributed by atoms with van der Waals surface area (Å²) in [4.78, 5) is 14.0. The predicted molar refractivity (Wildman–Crippen MR) is 85.1 cm³/mol. The van der Waals surface area contributed by atoms with Crippen molar-refractivity contribution in [1.29, 1.82) is 0 Å². The van der Waals surface area contributed by atoms with Crippen molar-refractivity contribution in [1.82, 2.24) is 4.90 Å². The summed E-state index contributed by atoms with van der Waals surface area (Å²) in [6, 6.07) is 8.37. The number of carbonyl (C=O) groups excluding carboxylic acids is 1. The molecule has 5 nitrogen and oxygen atoms in total. The molecule has 0 saturated carbocycles. The number of hydrogen-bond acceptors (Lipinski definition) is 4. The fraction of sp³-hybridized carbons (Fsp3) is 0.500. The van der Waals surface area contributed by atoms with Crippen LogP contribution in [0.15, 0.2) is 30.3 Å². The molecule has 1 unspecified atom stereocenters. The Labute approximate surface area is 131 Å². The highest BCUT2D eigenvalue weighted by molar-refractivity contribution is 7.92. The highest BCUT2D eigenvalue weighted by Crippen LogP contribution is 2.25. The van der Waals surface area contributed by atoms with Crippen LogP contribution in [0.2, 0.25) is 0 Å². The molecule has 1 aliphatic heterocycles. The van der Waals surface area contributed by atoms with Gasteiger partial charge in [-0.25, -0.2) is 8.42 Å². The van der Waals surface area contributed by atoms with E-state index in [9.17, 15) is 13.2 Å². The van der Waals surface area contributed by atoms with Gasteiger partial charge in [0.2, 0.25) is 5.91 Å². The largest absolute Gasteiger partial charge is 0.338 e. The van der Waals surface area contributed by atoms with Crippen LogP contribution in [0.4, 0.5) is 0 Å². The van der Waals surface area contributed by atoms with Crippen LogP contribution >= 0.6 is 12.4 Å². The number of benzene rings is 1. The van der Waals surface area contributed by atoms with E-state index in [1.807, 2.05) is 18.2 Å². The van der Waals surface area contributed by atoms with Crippen LogP contribution in [0, 0.1) is 0 Å². The maximum Gasteiger partial charge on any atom is 0.244 e. The molecule has 1 amide bonds. The molecule has 1 aliphatic rings. The van der Waals surface area contributed by atoms with Crippen molar-refractivity contribution in [2.24, 2.45) is 5.73 Å². The van der Waals surface area contributed by atoms with Gasteiger partial charge in [0.1, 0.15) is 6.04 Å². The lowest BCUT2D eigenvalue weighted by Gasteiger charge is -2.38. The van der Waals surface area contributed by atoms with Crippen molar-refractivity contribution in [3.8, 4) is 0 Å². The Morgan fingerprint density at radius 3 is 2.38 bits per heavy atom. The smallest absolute Gasteiger partial charge is 0.244 e. The maximum absolute atomic E-state index is 12.4. The highest BCUT2D eigenvalue weighted by atomic mass is 35.5. The first-order chi connectivity index (χ1) is 9.24. The molecule has 1 aromatic carbocycles. The molecule has 0 aliphatic carbocycles. The Bertz CT molecular complexity index is 602. The standard InChI is InChI=1S/C14H20N2O3S.ClH/c1-14(2)10-16(8-9-20(14,18)19)13(17)12(15)11-6-4-3-5-7-11;/h3-7,12H,8-10,15H2,1-2H3;1H. The first-order valence-electron chi connectivity index (χ1n) is 6.56. The molecule has 0 aromatic heterocycles. The van der Waals surface area contributed by atoms with Gasteiger partial charge < -0.3 is 10.6 Å². The van der Waals surface area contributed by atoms with Crippen molar-refractivity contribution in [2.75, 3.05) is 18.8 Å². The first-order valence-corrected chi connectivity index (χ1v) is 8.21. The van der Waals surface area contributed by atoms with Gasteiger partial charge in [0.15, 0.2) is 9.84 Å². The van der Waals surface area contributed by atoms with Gasteiger partial charge in [0, 0.05) is 13.1 Å². The van der Waals surface area contributed by atoms with E-state index in [0.29, 0.717) is 0 Å². The topological polar surface area (TPSA) is 80.5 Å². The second-order valence-corrected chi connectivity index (χ2v) is 8.47. The monoisotopic (exact) mass is 332 g/mol. The van der Waals surface area contributed by atoms with E-state index in [2.05, 4.69) is 0 Å². The molecule has 1 heterocycles. The Hall–Kier alpha value is -1.11. The average molecular weight is 333 g/mol. The van der Waals surface area contributed by atoms with Crippen molar-refractivity contribution in [3.63, 3.8) is 0 Å². The van der Waals surface area contributed by atoms with Gasteiger partial charge in [0.05, 0.1) is 10.5 Å². The highest BCUT2D eigenvalue weighted by Gasteiger charge is 2.42. The van der Waals surface area contributed by atoms with Crippen LogP contribution < -0.4 is 5.73 Å². The molecule has 2 N–H and O–H groups in total. The quantitative estimate of drug-likeness (QED) is 0.880. The molecule has 1 atom stereocenters. The van der Waals surface area contributed by atoms with Gasteiger partial charge in [-0.1, -0.05) is 30.3 Å². The average Bonchev–Trinajstić information content (AvgIpc) is 2.41. The van der Waals surface area contributed by atoms with Gasteiger partial charge in [0.25, 0.3) is 0 Å². The lowest BCUT2D eigenvalue weighted by Crippen LogP contribution is -2.56. The van der Waals surface area contributed by atoms with Crippen LogP contribution in [-0.4, -0.2) is 42.8 Å². The maximum atomic E-state index is 12.4. The first kappa shape index (κ1) is 17.9. The normalized spacial score (nSPS) is 21.2. The van der Waals surface area contributed by atoms with Gasteiger partial charge in [-0.05, 0) is 19.4 Å². The number of hydrogen-bond donors (Lipinski definition) is 1. The van der Waals surface area contributed by atoms with Gasteiger partial charge >= 0.3 is 0 Å². The fourth-order valence-corrected chi connectivity index (χ4v) is 3.70. The summed E-state index contributed by atoms with van der Waals surface area (Å²) in [5.74, 6) is -0.230. The molecule has 7 heteroatoms. The zero-order valence-corrected chi connectivity index (χ0v) is 13.8. The van der Waals surface area contributed by atoms with E-state index in [4.69, 9.17) is 5.73 Å². The number of amides is 1. The van der Waals surface area contributed by atoms with Gasteiger partial charge in [-0.2, -0.15) is 0 Å². The van der Waals surface area contributed by atoms with Crippen LogP contribution in [0.5, 0.6) is 0 Å². The third kappa shape index (κ3) is 3.56. The SMILES string of the molecule is CC1(C)CN(C(=O)C(N)c2ccccc2)CCS1(=O)=O.Cl. The van der Waals surface area contributed by atoms with Gasteiger partial charge in [-0.15, -0.1) is 12.4 Å². The molecule has 0 radical (unpaired) electrons. The Balaban J connectivity index is 0.00000220. The summed E-state index contributed by atoms with van der Waals surface area (Å²) in [5.41, 5.74) is 6.72. The molecule has 0 spiro atoms. The summed E-state index contributed by atoms with van der Waals surface area (Å²) in [6.45, 7) is 3.70. The Morgan fingerprint density at radius 1 is 1.29 bits per heavy atom. The minimum atomic E-state index is -3.15. The third-order valence-corrected chi connectivity index (χ3v) is 6.31. The molecule has 118 valence electrons. The summed E-state index contributed by atoms with van der Waals surface area (Å²) < 4.78 is 23.0. The molecule has 2 rings (SSSR count). The van der Waals surface area contributed by atoms with E-state index in [-0.39, 0.29) is 37.2 Å². The second-order valence-electron chi connectivity index (χ2n) is 5.73. The fourth-order valence-electron chi connectivity index (χ4n) is 2.33. The lowest BCUT2D eigenvalue weighted by atomic mass is 10.1. The van der Waals surface area contributed by atoms with E-state index in [1.54, 1.807) is 30.9 Å². The summed E-state index contributed by atoms with van der Waals surface area (Å²) in [5, 5.41) is 0. The van der Waals surface area contributed by atoms with Crippen molar-refractivity contribution >= 4 is 28.2 Å². The van der Waals surface area contributed by atoms with E-state index < -0.39 is 20.6 Å². The molecule has 1 fully saturated rings. The second kappa shape index (κ2) is 6.34.